The lowest BCUT2D eigenvalue weighted by Crippen LogP contribution is -2.32. The second-order valence-electron chi connectivity index (χ2n) is 5.31. The molecule has 0 unspecified atom stereocenters. The number of nitrogens with zero attached hydrogens (tertiary/aromatic N) is 1. The Morgan fingerprint density at radius 1 is 1.33 bits per heavy atom. The second kappa shape index (κ2) is 7.83. The van der Waals surface area contributed by atoms with E-state index in [1.54, 1.807) is 12.3 Å². The quantitative estimate of drug-likeness (QED) is 0.749. The Labute approximate surface area is 124 Å². The molecule has 0 radical (unpaired) electrons. The highest BCUT2D eigenvalue weighted by Crippen LogP contribution is 2.19. The average molecular weight is 294 g/mol. The minimum Gasteiger partial charge on any atom is -0.477 e. The predicted octanol–water partition coefficient (Wildman–Crippen LogP) is 1.65. The number of amides is 1. The number of hydrogen-bond acceptors (Lipinski definition) is 3. The molecule has 1 fully saturated rings. The van der Waals surface area contributed by atoms with Gasteiger partial charge in [-0.2, -0.15) is 0 Å². The normalized spacial score (nSPS) is 15.8. The van der Waals surface area contributed by atoms with Crippen LogP contribution in [0.5, 0.6) is 0 Å². The molecule has 1 heterocycles. The Balaban J connectivity index is 1.65. The van der Waals surface area contributed by atoms with E-state index in [4.69, 9.17) is 9.84 Å². The van der Waals surface area contributed by atoms with Gasteiger partial charge in [-0.15, -0.1) is 0 Å². The summed E-state index contributed by atoms with van der Waals surface area (Å²) in [5.41, 5.74) is 0.114. The van der Waals surface area contributed by atoms with Crippen molar-refractivity contribution < 1.29 is 19.4 Å². The number of hydrogen-bond donors (Lipinski definition) is 2. The lowest BCUT2D eigenvalue weighted by molar-refractivity contribution is -0.122. The largest absolute Gasteiger partial charge is 0.477 e. The standard InChI is InChI=1S/C15H22N2O4/c18-14(11-17-9-4-7-13(17)15(19)20)16-8-10-21-12-5-2-1-3-6-12/h4,7,9,12H,1-3,5-6,8,10-11H2,(H,16,18)(H,19,20). The third-order valence-corrected chi connectivity index (χ3v) is 3.69. The maximum Gasteiger partial charge on any atom is 0.352 e. The van der Waals surface area contributed by atoms with Crippen molar-refractivity contribution in [2.24, 2.45) is 0 Å². The molecule has 2 rings (SSSR count). The molecule has 0 spiro atoms. The minimum absolute atomic E-state index is 0.0120. The Morgan fingerprint density at radius 3 is 2.81 bits per heavy atom. The van der Waals surface area contributed by atoms with Crippen LogP contribution in [-0.4, -0.2) is 40.8 Å². The molecule has 1 amide bonds. The molecular weight excluding hydrogens is 272 g/mol. The van der Waals surface area contributed by atoms with Crippen molar-refractivity contribution in [2.45, 2.75) is 44.8 Å². The van der Waals surface area contributed by atoms with Gasteiger partial charge >= 0.3 is 5.97 Å². The number of rotatable bonds is 7. The highest BCUT2D eigenvalue weighted by Gasteiger charge is 2.14. The Hall–Kier alpha value is -1.82. The summed E-state index contributed by atoms with van der Waals surface area (Å²) < 4.78 is 7.13. The molecular formula is C15H22N2O4. The fourth-order valence-electron chi connectivity index (χ4n) is 2.60. The number of aromatic carboxylic acids is 1. The van der Waals surface area contributed by atoms with Crippen LogP contribution in [0.4, 0.5) is 0 Å². The van der Waals surface area contributed by atoms with Crippen LogP contribution in [0.2, 0.25) is 0 Å². The summed E-state index contributed by atoms with van der Waals surface area (Å²) in [6.07, 6.45) is 7.88. The Bertz CT molecular complexity index is 478. The second-order valence-corrected chi connectivity index (χ2v) is 5.31. The first-order chi connectivity index (χ1) is 10.2. The van der Waals surface area contributed by atoms with Gasteiger partial charge in [-0.1, -0.05) is 19.3 Å². The number of carbonyl (C=O) groups is 2. The molecule has 1 aliphatic rings. The molecule has 1 saturated carbocycles. The van der Waals surface area contributed by atoms with E-state index in [1.807, 2.05) is 0 Å². The van der Waals surface area contributed by atoms with E-state index in [2.05, 4.69) is 5.32 Å². The maximum atomic E-state index is 11.8. The summed E-state index contributed by atoms with van der Waals surface area (Å²) in [7, 11) is 0. The molecule has 1 aromatic heterocycles. The van der Waals surface area contributed by atoms with Crippen molar-refractivity contribution in [2.75, 3.05) is 13.2 Å². The summed E-state index contributed by atoms with van der Waals surface area (Å²) in [4.78, 5) is 22.7. The van der Waals surface area contributed by atoms with Gasteiger partial charge in [0, 0.05) is 12.7 Å². The van der Waals surface area contributed by atoms with Crippen LogP contribution in [-0.2, 0) is 16.1 Å². The lowest BCUT2D eigenvalue weighted by Gasteiger charge is -2.22. The van der Waals surface area contributed by atoms with Gasteiger partial charge in [0.05, 0.1) is 12.7 Å². The Morgan fingerprint density at radius 2 is 2.10 bits per heavy atom. The lowest BCUT2D eigenvalue weighted by atomic mass is 9.98. The zero-order valence-corrected chi connectivity index (χ0v) is 12.1. The highest BCUT2D eigenvalue weighted by atomic mass is 16.5. The van der Waals surface area contributed by atoms with Crippen LogP contribution in [0.25, 0.3) is 0 Å². The third-order valence-electron chi connectivity index (χ3n) is 3.69. The molecule has 2 N–H and O–H groups in total. The molecule has 6 nitrogen and oxygen atoms in total. The molecule has 0 aliphatic heterocycles. The van der Waals surface area contributed by atoms with Gasteiger partial charge in [0.25, 0.3) is 0 Å². The van der Waals surface area contributed by atoms with Gasteiger partial charge in [-0.25, -0.2) is 4.79 Å². The van der Waals surface area contributed by atoms with Gasteiger partial charge < -0.3 is 19.7 Å². The Kier molecular flexibility index (Phi) is 5.80. The number of carbonyl (C=O) groups excluding carboxylic acids is 1. The van der Waals surface area contributed by atoms with Crippen molar-refractivity contribution in [3.8, 4) is 0 Å². The van der Waals surface area contributed by atoms with Gasteiger partial charge in [0.1, 0.15) is 12.2 Å². The first-order valence-corrected chi connectivity index (χ1v) is 7.43. The van der Waals surface area contributed by atoms with Crippen LogP contribution in [0.15, 0.2) is 18.3 Å². The van der Waals surface area contributed by atoms with Crippen LogP contribution in [0.1, 0.15) is 42.6 Å². The predicted molar refractivity (Wildman–Crippen MR) is 77.2 cm³/mol. The molecule has 0 atom stereocenters. The van der Waals surface area contributed by atoms with Crippen molar-refractivity contribution in [1.82, 2.24) is 9.88 Å². The van der Waals surface area contributed by atoms with E-state index < -0.39 is 5.97 Å². The van der Waals surface area contributed by atoms with Crippen molar-refractivity contribution in [1.29, 1.82) is 0 Å². The average Bonchev–Trinajstić information content (AvgIpc) is 2.93. The highest BCUT2D eigenvalue weighted by molar-refractivity contribution is 5.86. The van der Waals surface area contributed by atoms with E-state index in [1.165, 1.54) is 29.9 Å². The molecule has 0 aromatic carbocycles. The SMILES string of the molecule is O=C(Cn1cccc1C(=O)O)NCCOC1CCCCC1. The minimum atomic E-state index is -1.03. The van der Waals surface area contributed by atoms with E-state index >= 15 is 0 Å². The van der Waals surface area contributed by atoms with Crippen LogP contribution < -0.4 is 5.32 Å². The smallest absolute Gasteiger partial charge is 0.352 e. The topological polar surface area (TPSA) is 80.6 Å². The van der Waals surface area contributed by atoms with E-state index in [-0.39, 0.29) is 18.1 Å². The number of ether oxygens (including phenoxy) is 1. The number of nitrogens with one attached hydrogen (secondary N) is 1. The van der Waals surface area contributed by atoms with E-state index in [0.717, 1.165) is 12.8 Å². The maximum absolute atomic E-state index is 11.8. The summed E-state index contributed by atoms with van der Waals surface area (Å²) in [6, 6.07) is 3.09. The van der Waals surface area contributed by atoms with Gasteiger partial charge in [0.15, 0.2) is 0 Å². The zero-order valence-electron chi connectivity index (χ0n) is 12.1. The molecule has 6 heteroatoms. The molecule has 0 bridgehead atoms. The van der Waals surface area contributed by atoms with Crippen LogP contribution in [0.3, 0.4) is 0 Å². The molecule has 0 saturated heterocycles. The monoisotopic (exact) mass is 294 g/mol. The number of aromatic nitrogens is 1. The summed E-state index contributed by atoms with van der Waals surface area (Å²) in [6.45, 7) is 0.977. The van der Waals surface area contributed by atoms with Crippen molar-refractivity contribution in [3.05, 3.63) is 24.0 Å². The first-order valence-electron chi connectivity index (χ1n) is 7.43. The fourth-order valence-corrected chi connectivity index (χ4v) is 2.60. The molecule has 116 valence electrons. The molecule has 1 aliphatic carbocycles. The van der Waals surface area contributed by atoms with Gasteiger partial charge in [-0.3, -0.25) is 4.79 Å². The summed E-state index contributed by atoms with van der Waals surface area (Å²) in [5, 5.41) is 11.7. The first kappa shape index (κ1) is 15.6. The molecule has 21 heavy (non-hydrogen) atoms. The van der Waals surface area contributed by atoms with Gasteiger partial charge in [0.2, 0.25) is 5.91 Å². The third kappa shape index (κ3) is 4.90. The summed E-state index contributed by atoms with van der Waals surface area (Å²) >= 11 is 0. The van der Waals surface area contributed by atoms with Crippen molar-refractivity contribution >= 4 is 11.9 Å². The number of carboxylic acid groups (broad SMARTS) is 1. The van der Waals surface area contributed by atoms with Crippen molar-refractivity contribution in [3.63, 3.8) is 0 Å². The number of carboxylic acids is 1. The van der Waals surface area contributed by atoms with E-state index in [0.29, 0.717) is 19.3 Å². The van der Waals surface area contributed by atoms with Crippen LogP contribution in [0, 0.1) is 0 Å². The van der Waals surface area contributed by atoms with Gasteiger partial charge in [-0.05, 0) is 25.0 Å². The fraction of sp³-hybridized carbons (Fsp3) is 0.600. The summed E-state index contributed by atoms with van der Waals surface area (Å²) in [5.74, 6) is -1.24. The zero-order chi connectivity index (χ0) is 15.1. The van der Waals surface area contributed by atoms with E-state index in [9.17, 15) is 9.59 Å². The van der Waals surface area contributed by atoms with Crippen LogP contribution >= 0.6 is 0 Å². The molecule has 1 aromatic rings.